The van der Waals surface area contributed by atoms with Crippen LogP contribution in [0.25, 0.3) is 0 Å². The normalized spacial score (nSPS) is 18.5. The standard InChI is InChI=1S/C15H32N2O2S/c1-3-5-6-7-8-11-16-15-9-12-17(13-10-15)20(18,19)14-4-2/h15-16H,3-14H2,1-2H3. The minimum atomic E-state index is -2.99. The van der Waals surface area contributed by atoms with Gasteiger partial charge < -0.3 is 5.32 Å². The third-order valence-corrected chi connectivity index (χ3v) is 6.10. The van der Waals surface area contributed by atoms with Gasteiger partial charge in [-0.1, -0.05) is 39.5 Å². The molecular formula is C15H32N2O2S. The number of nitrogens with one attached hydrogen (secondary N) is 1. The number of unbranched alkanes of at least 4 members (excludes halogenated alkanes) is 4. The smallest absolute Gasteiger partial charge is 0.214 e. The highest BCUT2D eigenvalue weighted by Gasteiger charge is 2.26. The van der Waals surface area contributed by atoms with Gasteiger partial charge in [-0.3, -0.25) is 0 Å². The van der Waals surface area contributed by atoms with Crippen LogP contribution < -0.4 is 5.32 Å². The SMILES string of the molecule is CCCCCCCNC1CCN(S(=O)(=O)CCC)CC1. The first kappa shape index (κ1) is 17.9. The summed E-state index contributed by atoms with van der Waals surface area (Å²) < 4.78 is 25.6. The lowest BCUT2D eigenvalue weighted by molar-refractivity contribution is 0.288. The molecule has 0 atom stereocenters. The second-order valence-electron chi connectivity index (χ2n) is 5.86. The Hall–Kier alpha value is -0.130. The molecule has 0 spiro atoms. The van der Waals surface area contributed by atoms with Crippen LogP contribution in [0.3, 0.4) is 0 Å². The molecule has 5 heteroatoms. The van der Waals surface area contributed by atoms with E-state index in [1.54, 1.807) is 4.31 Å². The van der Waals surface area contributed by atoms with Crippen molar-refractivity contribution in [2.24, 2.45) is 0 Å². The van der Waals surface area contributed by atoms with Crippen LogP contribution in [0.5, 0.6) is 0 Å². The van der Waals surface area contributed by atoms with E-state index in [2.05, 4.69) is 12.2 Å². The fraction of sp³-hybridized carbons (Fsp3) is 1.00. The van der Waals surface area contributed by atoms with Crippen LogP contribution in [0.2, 0.25) is 0 Å². The number of nitrogens with zero attached hydrogens (tertiary/aromatic N) is 1. The Morgan fingerprint density at radius 1 is 1.00 bits per heavy atom. The summed E-state index contributed by atoms with van der Waals surface area (Å²) >= 11 is 0. The first-order valence-electron chi connectivity index (χ1n) is 8.31. The quantitative estimate of drug-likeness (QED) is 0.631. The lowest BCUT2D eigenvalue weighted by Crippen LogP contribution is -2.45. The minimum Gasteiger partial charge on any atom is -0.314 e. The van der Waals surface area contributed by atoms with Gasteiger partial charge in [0, 0.05) is 19.1 Å². The van der Waals surface area contributed by atoms with E-state index >= 15 is 0 Å². The van der Waals surface area contributed by atoms with E-state index in [1.807, 2.05) is 6.92 Å². The summed E-state index contributed by atoms with van der Waals surface area (Å²) in [6.07, 6.45) is 9.14. The van der Waals surface area contributed by atoms with Gasteiger partial charge in [0.25, 0.3) is 0 Å². The van der Waals surface area contributed by atoms with Gasteiger partial charge in [0.15, 0.2) is 0 Å². The molecule has 1 saturated heterocycles. The minimum absolute atomic E-state index is 0.294. The third kappa shape index (κ3) is 6.55. The molecule has 0 unspecified atom stereocenters. The molecule has 1 rings (SSSR count). The molecule has 4 nitrogen and oxygen atoms in total. The van der Waals surface area contributed by atoms with Crippen molar-refractivity contribution in [1.82, 2.24) is 9.62 Å². The number of hydrogen-bond acceptors (Lipinski definition) is 3. The van der Waals surface area contributed by atoms with Crippen LogP contribution >= 0.6 is 0 Å². The molecule has 0 saturated carbocycles. The van der Waals surface area contributed by atoms with Crippen LogP contribution in [0.1, 0.15) is 65.2 Å². The predicted molar refractivity (Wildman–Crippen MR) is 85.4 cm³/mol. The maximum atomic E-state index is 12.0. The van der Waals surface area contributed by atoms with Crippen molar-refractivity contribution in [3.63, 3.8) is 0 Å². The molecule has 1 aliphatic heterocycles. The van der Waals surface area contributed by atoms with E-state index in [1.165, 1.54) is 32.1 Å². The largest absolute Gasteiger partial charge is 0.314 e. The van der Waals surface area contributed by atoms with Crippen molar-refractivity contribution in [2.45, 2.75) is 71.3 Å². The first-order chi connectivity index (χ1) is 9.60. The van der Waals surface area contributed by atoms with E-state index in [9.17, 15) is 8.42 Å². The Bertz CT molecular complexity index is 336. The number of hydrogen-bond donors (Lipinski definition) is 1. The molecule has 0 amide bonds. The summed E-state index contributed by atoms with van der Waals surface area (Å²) in [6.45, 7) is 6.62. The van der Waals surface area contributed by atoms with Crippen LogP contribution in [0, 0.1) is 0 Å². The van der Waals surface area contributed by atoms with E-state index in [4.69, 9.17) is 0 Å². The van der Waals surface area contributed by atoms with Gasteiger partial charge in [0.05, 0.1) is 5.75 Å². The average Bonchev–Trinajstić information content (AvgIpc) is 2.43. The molecular weight excluding hydrogens is 272 g/mol. The number of rotatable bonds is 10. The maximum absolute atomic E-state index is 12.0. The van der Waals surface area contributed by atoms with Gasteiger partial charge in [-0.25, -0.2) is 12.7 Å². The zero-order valence-corrected chi connectivity index (χ0v) is 14.1. The van der Waals surface area contributed by atoms with Gasteiger partial charge >= 0.3 is 0 Å². The van der Waals surface area contributed by atoms with E-state index in [-0.39, 0.29) is 0 Å². The fourth-order valence-corrected chi connectivity index (χ4v) is 4.30. The summed E-state index contributed by atoms with van der Waals surface area (Å²) in [5.74, 6) is 0.294. The molecule has 1 N–H and O–H groups in total. The Labute approximate surface area is 125 Å². The van der Waals surface area contributed by atoms with Crippen molar-refractivity contribution >= 4 is 10.0 Å². The summed E-state index contributed by atoms with van der Waals surface area (Å²) in [4.78, 5) is 0. The topological polar surface area (TPSA) is 49.4 Å². The Morgan fingerprint density at radius 2 is 1.65 bits per heavy atom. The van der Waals surface area contributed by atoms with Crippen LogP contribution in [0.15, 0.2) is 0 Å². The monoisotopic (exact) mass is 304 g/mol. The molecule has 1 heterocycles. The van der Waals surface area contributed by atoms with Crippen LogP contribution in [-0.2, 0) is 10.0 Å². The summed E-state index contributed by atoms with van der Waals surface area (Å²) in [7, 11) is -2.99. The predicted octanol–water partition coefficient (Wildman–Crippen LogP) is 2.75. The number of piperidine rings is 1. The van der Waals surface area contributed by atoms with Gasteiger partial charge in [-0.15, -0.1) is 0 Å². The van der Waals surface area contributed by atoms with Gasteiger partial charge in [0.1, 0.15) is 0 Å². The highest BCUT2D eigenvalue weighted by molar-refractivity contribution is 7.89. The number of sulfonamides is 1. The van der Waals surface area contributed by atoms with Crippen LogP contribution in [-0.4, -0.2) is 44.2 Å². The summed E-state index contributed by atoms with van der Waals surface area (Å²) in [5, 5.41) is 3.58. The lowest BCUT2D eigenvalue weighted by atomic mass is 10.1. The molecule has 0 aromatic heterocycles. The molecule has 0 aliphatic carbocycles. The molecule has 20 heavy (non-hydrogen) atoms. The van der Waals surface area contributed by atoms with E-state index in [0.717, 1.165) is 19.4 Å². The third-order valence-electron chi connectivity index (χ3n) is 4.02. The zero-order valence-electron chi connectivity index (χ0n) is 13.2. The van der Waals surface area contributed by atoms with Gasteiger partial charge in [0.2, 0.25) is 10.0 Å². The van der Waals surface area contributed by atoms with Gasteiger partial charge in [-0.05, 0) is 32.2 Å². The second kappa shape index (κ2) is 9.74. The van der Waals surface area contributed by atoms with E-state index in [0.29, 0.717) is 31.3 Å². The molecule has 120 valence electrons. The lowest BCUT2D eigenvalue weighted by Gasteiger charge is -2.31. The van der Waals surface area contributed by atoms with Crippen molar-refractivity contribution < 1.29 is 8.42 Å². The average molecular weight is 305 g/mol. The second-order valence-corrected chi connectivity index (χ2v) is 7.95. The molecule has 0 aromatic rings. The van der Waals surface area contributed by atoms with Crippen molar-refractivity contribution in [3.05, 3.63) is 0 Å². The van der Waals surface area contributed by atoms with Crippen molar-refractivity contribution in [1.29, 1.82) is 0 Å². The molecule has 0 bridgehead atoms. The zero-order chi connectivity index (χ0) is 14.8. The Kier molecular flexibility index (Phi) is 8.73. The molecule has 1 aliphatic rings. The molecule has 0 radical (unpaired) electrons. The van der Waals surface area contributed by atoms with Crippen molar-refractivity contribution in [3.8, 4) is 0 Å². The highest BCUT2D eigenvalue weighted by atomic mass is 32.2. The fourth-order valence-electron chi connectivity index (χ4n) is 2.76. The maximum Gasteiger partial charge on any atom is 0.214 e. The summed E-state index contributed by atoms with van der Waals surface area (Å²) in [5.41, 5.74) is 0. The molecule has 0 aromatic carbocycles. The highest BCUT2D eigenvalue weighted by Crippen LogP contribution is 2.15. The van der Waals surface area contributed by atoms with Crippen LogP contribution in [0.4, 0.5) is 0 Å². The molecule has 1 fully saturated rings. The van der Waals surface area contributed by atoms with E-state index < -0.39 is 10.0 Å². The first-order valence-corrected chi connectivity index (χ1v) is 9.92. The summed E-state index contributed by atoms with van der Waals surface area (Å²) in [6, 6.07) is 0.509. The van der Waals surface area contributed by atoms with Crippen molar-refractivity contribution in [2.75, 3.05) is 25.4 Å². The Morgan fingerprint density at radius 3 is 2.25 bits per heavy atom. The van der Waals surface area contributed by atoms with Gasteiger partial charge in [-0.2, -0.15) is 0 Å². The Balaban J connectivity index is 2.13.